The van der Waals surface area contributed by atoms with Crippen molar-refractivity contribution in [1.29, 1.82) is 0 Å². The number of benzene rings is 1. The highest BCUT2D eigenvalue weighted by Crippen LogP contribution is 2.17. The Hall–Kier alpha value is -3.15. The van der Waals surface area contributed by atoms with Gasteiger partial charge >= 0.3 is 0 Å². The van der Waals surface area contributed by atoms with Crippen molar-refractivity contribution in [1.82, 2.24) is 20.1 Å². The van der Waals surface area contributed by atoms with Gasteiger partial charge in [0.2, 0.25) is 0 Å². The summed E-state index contributed by atoms with van der Waals surface area (Å²) in [5.74, 6) is -0.117. The minimum atomic E-state index is -0.117. The number of rotatable bonds is 5. The van der Waals surface area contributed by atoms with Gasteiger partial charge in [0.15, 0.2) is 0 Å². The van der Waals surface area contributed by atoms with Crippen LogP contribution in [0.3, 0.4) is 0 Å². The summed E-state index contributed by atoms with van der Waals surface area (Å²) in [4.78, 5) is 18.7. The van der Waals surface area contributed by atoms with E-state index in [0.717, 1.165) is 22.8 Å². The number of pyridine rings is 1. The molecule has 0 bridgehead atoms. The highest BCUT2D eigenvalue weighted by atomic mass is 16.1. The quantitative estimate of drug-likeness (QED) is 0.778. The standard InChI is InChI=1S/C19H21N5O/c1-23(2)16-8-6-7-14(11-16)19(25)21-13-15-12-18(24(3)22-15)17-9-4-5-10-20-17/h4-12H,13H2,1-3H3,(H,21,25). The van der Waals surface area contributed by atoms with E-state index in [1.165, 1.54) is 0 Å². The van der Waals surface area contributed by atoms with Gasteiger partial charge in [-0.15, -0.1) is 0 Å². The molecule has 2 aromatic heterocycles. The first kappa shape index (κ1) is 16.7. The van der Waals surface area contributed by atoms with Gasteiger partial charge in [-0.2, -0.15) is 5.10 Å². The molecular formula is C19H21N5O. The number of anilines is 1. The van der Waals surface area contributed by atoms with Gasteiger partial charge in [-0.1, -0.05) is 12.1 Å². The van der Waals surface area contributed by atoms with Crippen molar-refractivity contribution in [3.05, 3.63) is 66.0 Å². The van der Waals surface area contributed by atoms with Gasteiger partial charge in [0.05, 0.1) is 23.6 Å². The molecule has 1 N–H and O–H groups in total. The van der Waals surface area contributed by atoms with E-state index in [0.29, 0.717) is 12.1 Å². The fourth-order valence-electron chi connectivity index (χ4n) is 2.57. The van der Waals surface area contributed by atoms with Crippen LogP contribution in [0.5, 0.6) is 0 Å². The first-order valence-corrected chi connectivity index (χ1v) is 8.04. The van der Waals surface area contributed by atoms with E-state index in [4.69, 9.17) is 0 Å². The fraction of sp³-hybridized carbons (Fsp3) is 0.211. The fourth-order valence-corrected chi connectivity index (χ4v) is 2.57. The van der Waals surface area contributed by atoms with Gasteiger partial charge in [-0.25, -0.2) is 0 Å². The van der Waals surface area contributed by atoms with Crippen LogP contribution in [-0.2, 0) is 13.6 Å². The number of hydrogen-bond donors (Lipinski definition) is 1. The predicted molar refractivity (Wildman–Crippen MR) is 98.4 cm³/mol. The second kappa shape index (κ2) is 7.17. The van der Waals surface area contributed by atoms with Crippen molar-refractivity contribution in [3.63, 3.8) is 0 Å². The number of amides is 1. The second-order valence-corrected chi connectivity index (χ2v) is 5.99. The molecule has 0 spiro atoms. The average Bonchev–Trinajstić information content (AvgIpc) is 3.01. The Morgan fingerprint density at radius 1 is 1.16 bits per heavy atom. The monoisotopic (exact) mass is 335 g/mol. The molecule has 0 unspecified atom stereocenters. The number of hydrogen-bond acceptors (Lipinski definition) is 4. The maximum absolute atomic E-state index is 12.4. The van der Waals surface area contributed by atoms with Crippen molar-refractivity contribution in [3.8, 4) is 11.4 Å². The maximum Gasteiger partial charge on any atom is 0.251 e. The summed E-state index contributed by atoms with van der Waals surface area (Å²) < 4.78 is 1.77. The van der Waals surface area contributed by atoms with Crippen LogP contribution < -0.4 is 10.2 Å². The normalized spacial score (nSPS) is 10.5. The van der Waals surface area contributed by atoms with Gasteiger partial charge in [-0.05, 0) is 36.4 Å². The molecule has 2 heterocycles. The summed E-state index contributed by atoms with van der Waals surface area (Å²) in [5.41, 5.74) is 4.18. The molecule has 0 aliphatic heterocycles. The highest BCUT2D eigenvalue weighted by Gasteiger charge is 2.11. The van der Waals surface area contributed by atoms with Gasteiger partial charge in [0.1, 0.15) is 0 Å². The first-order valence-electron chi connectivity index (χ1n) is 8.04. The molecule has 3 rings (SSSR count). The summed E-state index contributed by atoms with van der Waals surface area (Å²) in [7, 11) is 5.77. The van der Waals surface area contributed by atoms with Crippen LogP contribution in [0.4, 0.5) is 5.69 Å². The van der Waals surface area contributed by atoms with Crippen LogP contribution in [0.2, 0.25) is 0 Å². The summed E-state index contributed by atoms with van der Waals surface area (Å²) in [6.45, 7) is 0.367. The van der Waals surface area contributed by atoms with Crippen LogP contribution in [0.15, 0.2) is 54.7 Å². The van der Waals surface area contributed by atoms with Crippen LogP contribution in [0, 0.1) is 0 Å². The Morgan fingerprint density at radius 3 is 2.72 bits per heavy atom. The van der Waals surface area contributed by atoms with Gasteiger partial charge < -0.3 is 10.2 Å². The summed E-state index contributed by atoms with van der Waals surface area (Å²) in [6, 6.07) is 15.2. The zero-order chi connectivity index (χ0) is 17.8. The van der Waals surface area contributed by atoms with Crippen molar-refractivity contribution in [2.45, 2.75) is 6.54 Å². The molecule has 0 saturated carbocycles. The van der Waals surface area contributed by atoms with Crippen LogP contribution in [-0.4, -0.2) is 34.8 Å². The van der Waals surface area contributed by atoms with E-state index in [9.17, 15) is 4.79 Å². The minimum absolute atomic E-state index is 0.117. The van der Waals surface area contributed by atoms with Crippen molar-refractivity contribution in [2.24, 2.45) is 7.05 Å². The van der Waals surface area contributed by atoms with E-state index in [1.807, 2.05) is 68.5 Å². The molecule has 0 fully saturated rings. The molecule has 6 heteroatoms. The van der Waals surface area contributed by atoms with Crippen LogP contribution in [0.1, 0.15) is 16.1 Å². The van der Waals surface area contributed by atoms with Gasteiger partial charge in [0.25, 0.3) is 5.91 Å². The Labute approximate surface area is 147 Å². The van der Waals surface area contributed by atoms with Gasteiger partial charge in [0, 0.05) is 38.6 Å². The number of carbonyl (C=O) groups is 1. The molecular weight excluding hydrogens is 314 g/mol. The lowest BCUT2D eigenvalue weighted by atomic mass is 10.2. The van der Waals surface area contributed by atoms with Gasteiger partial charge in [-0.3, -0.25) is 14.5 Å². The number of aromatic nitrogens is 3. The topological polar surface area (TPSA) is 63.1 Å². The molecule has 3 aromatic rings. The summed E-state index contributed by atoms with van der Waals surface area (Å²) in [5, 5.41) is 7.37. The summed E-state index contributed by atoms with van der Waals surface area (Å²) in [6.07, 6.45) is 1.75. The molecule has 0 atom stereocenters. The lowest BCUT2D eigenvalue weighted by molar-refractivity contribution is 0.0950. The number of carbonyl (C=O) groups excluding carboxylic acids is 1. The van der Waals surface area contributed by atoms with Crippen molar-refractivity contribution in [2.75, 3.05) is 19.0 Å². The SMILES string of the molecule is CN(C)c1cccc(C(=O)NCc2cc(-c3ccccn3)n(C)n2)c1. The highest BCUT2D eigenvalue weighted by molar-refractivity contribution is 5.95. The van der Waals surface area contributed by atoms with E-state index in [1.54, 1.807) is 16.9 Å². The van der Waals surface area contributed by atoms with Crippen molar-refractivity contribution < 1.29 is 4.79 Å². The Balaban J connectivity index is 1.70. The van der Waals surface area contributed by atoms with E-state index >= 15 is 0 Å². The average molecular weight is 335 g/mol. The Morgan fingerprint density at radius 2 is 2.00 bits per heavy atom. The van der Waals surface area contributed by atoms with Crippen molar-refractivity contribution >= 4 is 11.6 Å². The third-order valence-electron chi connectivity index (χ3n) is 3.91. The smallest absolute Gasteiger partial charge is 0.251 e. The predicted octanol–water partition coefficient (Wildman–Crippen LogP) is 2.48. The zero-order valence-electron chi connectivity index (χ0n) is 14.6. The zero-order valence-corrected chi connectivity index (χ0v) is 14.6. The Bertz CT molecular complexity index is 871. The lowest BCUT2D eigenvalue weighted by Crippen LogP contribution is -2.23. The number of nitrogens with one attached hydrogen (secondary N) is 1. The molecule has 0 aliphatic carbocycles. The molecule has 0 saturated heterocycles. The molecule has 25 heavy (non-hydrogen) atoms. The molecule has 0 radical (unpaired) electrons. The van der Waals surface area contributed by atoms with E-state index < -0.39 is 0 Å². The maximum atomic E-state index is 12.4. The number of aryl methyl sites for hydroxylation is 1. The van der Waals surface area contributed by atoms with E-state index in [-0.39, 0.29) is 5.91 Å². The van der Waals surface area contributed by atoms with Crippen LogP contribution >= 0.6 is 0 Å². The minimum Gasteiger partial charge on any atom is -0.378 e. The molecule has 0 aliphatic rings. The first-order chi connectivity index (χ1) is 12.0. The third kappa shape index (κ3) is 3.85. The molecule has 6 nitrogen and oxygen atoms in total. The Kier molecular flexibility index (Phi) is 4.79. The largest absolute Gasteiger partial charge is 0.378 e. The van der Waals surface area contributed by atoms with Crippen LogP contribution in [0.25, 0.3) is 11.4 Å². The molecule has 1 amide bonds. The second-order valence-electron chi connectivity index (χ2n) is 5.99. The molecule has 1 aromatic carbocycles. The molecule has 128 valence electrons. The lowest BCUT2D eigenvalue weighted by Gasteiger charge is -2.13. The van der Waals surface area contributed by atoms with E-state index in [2.05, 4.69) is 15.4 Å². The number of nitrogens with zero attached hydrogens (tertiary/aromatic N) is 4. The third-order valence-corrected chi connectivity index (χ3v) is 3.91. The summed E-state index contributed by atoms with van der Waals surface area (Å²) >= 11 is 0.